The van der Waals surface area contributed by atoms with E-state index in [0.717, 1.165) is 33.0 Å². The van der Waals surface area contributed by atoms with Gasteiger partial charge in [0.25, 0.3) is 0 Å². The second kappa shape index (κ2) is 22.4. The third-order valence-corrected chi connectivity index (χ3v) is 15.3. The van der Waals surface area contributed by atoms with Gasteiger partial charge < -0.3 is 26.5 Å². The van der Waals surface area contributed by atoms with Crippen LogP contribution in [0.5, 0.6) is 11.5 Å². The molecule has 0 bridgehead atoms. The number of aromatic nitrogens is 5. The molecule has 1 aliphatic rings. The number of hydrogen-bond acceptors (Lipinski definition) is 7. The quantitative estimate of drug-likeness (QED) is 0.113. The molecule has 0 saturated heterocycles. The van der Waals surface area contributed by atoms with Gasteiger partial charge in [-0.15, -0.1) is 41.3 Å². The minimum Gasteiger partial charge on any atom is -0.508 e. The first-order valence-corrected chi connectivity index (χ1v) is 26.9. The zero-order valence-electron chi connectivity index (χ0n) is 57.2. The van der Waals surface area contributed by atoms with Crippen LogP contribution in [0.2, 0.25) is 0 Å². The number of benzene rings is 9. The molecule has 1 aliphatic heterocycles. The second-order valence-corrected chi connectivity index (χ2v) is 22.3. The Morgan fingerprint density at radius 1 is 0.518 bits per heavy atom. The summed E-state index contributed by atoms with van der Waals surface area (Å²) in [6, 6.07) is 55.0. The predicted octanol–water partition coefficient (Wildman–Crippen LogP) is 18.4. The van der Waals surface area contributed by atoms with E-state index in [4.69, 9.17) is 32.9 Å². The number of rotatable bonds is 12. The maximum absolute atomic E-state index is 9.26. The molecule has 9 aromatic carbocycles. The van der Waals surface area contributed by atoms with Gasteiger partial charge in [-0.2, -0.15) is 0 Å². The van der Waals surface area contributed by atoms with Gasteiger partial charge in [-0.1, -0.05) is 208 Å². The third-order valence-electron chi connectivity index (χ3n) is 15.3. The molecule has 0 amide bonds. The molecule has 0 atom stereocenters. The van der Waals surface area contributed by atoms with E-state index in [1.54, 1.807) is 24.4 Å². The van der Waals surface area contributed by atoms with Crippen LogP contribution in [0.25, 0.3) is 61.3 Å². The number of anilines is 4. The Balaban J connectivity index is 0.00000442. The average Bonchev–Trinajstić information content (AvgIpc) is 1.69. The van der Waals surface area contributed by atoms with Crippen molar-refractivity contribution in [3.8, 4) is 51.0 Å². The van der Waals surface area contributed by atoms with Crippen molar-refractivity contribution in [1.29, 1.82) is 0 Å². The molecule has 414 valence electrons. The van der Waals surface area contributed by atoms with Crippen molar-refractivity contribution in [2.75, 3.05) is 16.5 Å². The van der Waals surface area contributed by atoms with E-state index in [0.29, 0.717) is 57.2 Å². The Hall–Kier alpha value is -8.97. The summed E-state index contributed by atoms with van der Waals surface area (Å²) in [5, 5.41) is 1.80. The van der Waals surface area contributed by atoms with Crippen LogP contribution >= 0.6 is 0 Å². The van der Waals surface area contributed by atoms with Crippen LogP contribution in [0.15, 0.2) is 230 Å². The average molecular weight is 1270 g/mol. The fraction of sp³-hybridized carbons (Fsp3) is 0.149. The smallest absolute Gasteiger partial charge is 0.141 e. The Bertz CT molecular complexity index is 4690. The van der Waals surface area contributed by atoms with E-state index in [9.17, 15) is 5.48 Å². The SMILES string of the molecule is [2H]c1c([2H])c([2H])c(-c2cccc(-c3c([2H])c([2H])c([2H])c([2H])c3[2H])c2N2CN(c3[c-]c(Oc4[c-]c5c(cc4-c4nc(C(C)(C)c6ccccc6)nc(C(C)(C)c6ccccc6)n4)c4ccccc4n5-c4ccccn4)cc(C(C)(C)C)c3)c3ccccc32)c([2H])c1[2H].[CH3-].[Pt]. The molecule has 0 N–H and O–H groups in total. The van der Waals surface area contributed by atoms with E-state index >= 15 is 0 Å². The number of fused-ring (bicyclic) bond motifs is 4. The van der Waals surface area contributed by atoms with E-state index in [1.165, 1.54) is 0 Å². The van der Waals surface area contributed by atoms with Crippen molar-refractivity contribution >= 4 is 44.6 Å². The molecule has 13 rings (SSSR count). The summed E-state index contributed by atoms with van der Waals surface area (Å²) in [6.07, 6.45) is 1.76. The van der Waals surface area contributed by atoms with Crippen LogP contribution in [-0.2, 0) is 37.3 Å². The van der Waals surface area contributed by atoms with Gasteiger partial charge in [-0.25, -0.2) is 19.9 Å². The van der Waals surface area contributed by atoms with Crippen LogP contribution in [0.3, 0.4) is 0 Å². The van der Waals surface area contributed by atoms with Gasteiger partial charge in [0.15, 0.2) is 0 Å². The van der Waals surface area contributed by atoms with E-state index in [-0.39, 0.29) is 68.9 Å². The topological polar surface area (TPSA) is 72.2 Å². The number of para-hydroxylation sites is 4. The molecule has 0 fully saturated rings. The standard InChI is InChI=1S/C73H61N7O.CH3.Pt/c1-71(2,3)53-43-54(78-48-79(63-40-23-22-39-62(63)78)67-56(49-27-12-8-13-28-49)36-26-37-57(67)50-29-14-9-15-30-50)45-55(44-53)81-65-47-64-59(58-35-20-21-38-61(58)80(64)66-41-24-25-42-74-66)46-60(65)68-75-69(72(4,5)51-31-16-10-17-32-51)77-70(76-68)73(6,7)52-33-18-11-19-34-52;;/h8-44,46H,48H2,1-7H3;1H3;/q-2;-1;/i8D,9D,12D,13D,14D,15D,27D,28D,29D,30D;;. The van der Waals surface area contributed by atoms with Gasteiger partial charge in [-0.05, 0) is 96.6 Å². The molecule has 0 spiro atoms. The summed E-state index contributed by atoms with van der Waals surface area (Å²) < 4.78 is 98.7. The summed E-state index contributed by atoms with van der Waals surface area (Å²) in [5.41, 5.74) is 5.30. The summed E-state index contributed by atoms with van der Waals surface area (Å²) in [4.78, 5) is 25.0. The molecule has 83 heavy (non-hydrogen) atoms. The Morgan fingerprint density at radius 2 is 1.07 bits per heavy atom. The van der Waals surface area contributed by atoms with E-state index < -0.39 is 76.7 Å². The molecule has 0 saturated carbocycles. The van der Waals surface area contributed by atoms with Crippen molar-refractivity contribution in [2.24, 2.45) is 0 Å². The molecule has 0 unspecified atom stereocenters. The second-order valence-electron chi connectivity index (χ2n) is 22.3. The van der Waals surface area contributed by atoms with Crippen molar-refractivity contribution in [3.05, 3.63) is 278 Å². The molecule has 0 radical (unpaired) electrons. The van der Waals surface area contributed by atoms with Crippen LogP contribution in [0.1, 0.15) is 90.5 Å². The Morgan fingerprint density at radius 3 is 1.65 bits per heavy atom. The van der Waals surface area contributed by atoms with Crippen LogP contribution < -0.4 is 14.5 Å². The van der Waals surface area contributed by atoms with Crippen LogP contribution in [-0.4, -0.2) is 31.2 Å². The first-order chi connectivity index (χ1) is 43.4. The molecule has 3 aromatic heterocycles. The Kier molecular flexibility index (Phi) is 12.1. The zero-order valence-corrected chi connectivity index (χ0v) is 49.5. The zero-order chi connectivity index (χ0) is 64.2. The van der Waals surface area contributed by atoms with Crippen LogP contribution in [0.4, 0.5) is 22.7 Å². The maximum atomic E-state index is 9.26. The fourth-order valence-corrected chi connectivity index (χ4v) is 10.8. The first-order valence-electron chi connectivity index (χ1n) is 31.9. The summed E-state index contributed by atoms with van der Waals surface area (Å²) in [6.45, 7) is 14.8. The predicted molar refractivity (Wildman–Crippen MR) is 337 cm³/mol. The van der Waals surface area contributed by atoms with E-state index in [2.05, 4.69) is 108 Å². The molecular weight excluding hydrogens is 1200 g/mol. The monoisotopic (exact) mass is 1270 g/mol. The first kappa shape index (κ1) is 44.7. The van der Waals surface area contributed by atoms with Crippen LogP contribution in [0, 0.1) is 19.6 Å². The number of ether oxygens (including phenoxy) is 1. The van der Waals surface area contributed by atoms with Gasteiger partial charge in [0.2, 0.25) is 0 Å². The summed E-state index contributed by atoms with van der Waals surface area (Å²) >= 11 is 0. The molecule has 4 heterocycles. The minimum atomic E-state index is -0.710. The summed E-state index contributed by atoms with van der Waals surface area (Å²) in [7, 11) is 0. The van der Waals surface area contributed by atoms with Crippen molar-refractivity contribution in [1.82, 2.24) is 24.5 Å². The molecule has 8 nitrogen and oxygen atoms in total. The molecule has 0 aliphatic carbocycles. The third kappa shape index (κ3) is 10.3. The number of nitrogens with zero attached hydrogens (tertiary/aromatic N) is 7. The van der Waals surface area contributed by atoms with Crippen molar-refractivity contribution in [3.63, 3.8) is 0 Å². The number of hydrogen-bond donors (Lipinski definition) is 0. The molecular formula is C74H64N7OPt-3. The maximum Gasteiger partial charge on any atom is 0.141 e. The molecule has 9 heteroatoms. The largest absolute Gasteiger partial charge is 0.508 e. The minimum absolute atomic E-state index is 0. The van der Waals surface area contributed by atoms with Crippen molar-refractivity contribution in [2.45, 2.75) is 64.7 Å². The van der Waals surface area contributed by atoms with Crippen molar-refractivity contribution < 1.29 is 39.5 Å². The van der Waals surface area contributed by atoms with Gasteiger partial charge in [0.05, 0.1) is 37.4 Å². The molecule has 12 aromatic rings. The van der Waals surface area contributed by atoms with Gasteiger partial charge in [0, 0.05) is 66.2 Å². The summed E-state index contributed by atoms with van der Waals surface area (Å²) in [5.74, 6) is 2.74. The Labute approximate surface area is 516 Å². The normalized spacial score (nSPS) is 14.2. The fourth-order valence-electron chi connectivity index (χ4n) is 10.8. The number of pyridine rings is 1. The van der Waals surface area contributed by atoms with Gasteiger partial charge in [-0.3, -0.25) is 0 Å². The van der Waals surface area contributed by atoms with Gasteiger partial charge >= 0.3 is 0 Å². The van der Waals surface area contributed by atoms with Gasteiger partial charge in [0.1, 0.15) is 23.3 Å². The van der Waals surface area contributed by atoms with E-state index in [1.807, 2.05) is 113 Å².